The molecule has 0 bridgehead atoms. The number of carbonyl (C=O) groups excluding carboxylic acids is 1. The third kappa shape index (κ3) is 2.47. The number of rotatable bonds is 3. The van der Waals surface area contributed by atoms with Crippen molar-refractivity contribution in [2.24, 2.45) is 5.92 Å². The fourth-order valence-electron chi connectivity index (χ4n) is 3.40. The first kappa shape index (κ1) is 13.6. The van der Waals surface area contributed by atoms with Gasteiger partial charge in [0, 0.05) is 12.5 Å². The van der Waals surface area contributed by atoms with Gasteiger partial charge in [-0.15, -0.1) is 0 Å². The van der Waals surface area contributed by atoms with Gasteiger partial charge in [0.2, 0.25) is 5.91 Å². The molecule has 2 fully saturated rings. The van der Waals surface area contributed by atoms with E-state index in [1.807, 2.05) is 18.2 Å². The number of hydrogen-bond donors (Lipinski definition) is 0. The van der Waals surface area contributed by atoms with E-state index in [9.17, 15) is 4.79 Å². The lowest BCUT2D eigenvalue weighted by atomic mass is 9.74. The van der Waals surface area contributed by atoms with Crippen molar-refractivity contribution in [3.05, 3.63) is 35.9 Å². The molecule has 108 valence electrons. The van der Waals surface area contributed by atoms with Gasteiger partial charge in [0.05, 0.1) is 18.8 Å². The fraction of sp³-hybridized carbons (Fsp3) is 0.588. The van der Waals surface area contributed by atoms with Crippen molar-refractivity contribution in [2.45, 2.75) is 38.1 Å². The monoisotopic (exact) mass is 273 g/mol. The van der Waals surface area contributed by atoms with E-state index in [-0.39, 0.29) is 11.5 Å². The summed E-state index contributed by atoms with van der Waals surface area (Å²) in [7, 11) is 0. The molecule has 3 rings (SSSR count). The van der Waals surface area contributed by atoms with E-state index in [1.54, 1.807) is 0 Å². The fourth-order valence-corrected chi connectivity index (χ4v) is 3.40. The maximum absolute atomic E-state index is 12.8. The van der Waals surface area contributed by atoms with Crippen molar-refractivity contribution in [3.63, 3.8) is 0 Å². The second-order valence-electron chi connectivity index (χ2n) is 6.21. The topological polar surface area (TPSA) is 29.5 Å². The predicted octanol–water partition coefficient (Wildman–Crippen LogP) is 2.65. The summed E-state index contributed by atoms with van der Waals surface area (Å²) in [6.07, 6.45) is 4.26. The predicted molar refractivity (Wildman–Crippen MR) is 78.4 cm³/mol. The van der Waals surface area contributed by atoms with Crippen LogP contribution in [0.3, 0.4) is 0 Å². The molecule has 20 heavy (non-hydrogen) atoms. The van der Waals surface area contributed by atoms with E-state index in [0.717, 1.165) is 32.4 Å². The highest BCUT2D eigenvalue weighted by Gasteiger charge is 2.47. The van der Waals surface area contributed by atoms with Crippen LogP contribution in [0, 0.1) is 5.92 Å². The van der Waals surface area contributed by atoms with Crippen LogP contribution in [0.5, 0.6) is 0 Å². The molecule has 1 saturated carbocycles. The van der Waals surface area contributed by atoms with E-state index in [0.29, 0.717) is 12.5 Å². The van der Waals surface area contributed by atoms with Gasteiger partial charge in [-0.05, 0) is 31.2 Å². The summed E-state index contributed by atoms with van der Waals surface area (Å²) in [5, 5.41) is 0. The van der Waals surface area contributed by atoms with Crippen molar-refractivity contribution >= 4 is 5.91 Å². The molecule has 0 N–H and O–H groups in total. The van der Waals surface area contributed by atoms with Gasteiger partial charge in [-0.3, -0.25) is 4.79 Å². The summed E-state index contributed by atoms with van der Waals surface area (Å²) in [5.41, 5.74) is 1.27. The van der Waals surface area contributed by atoms with Crippen LogP contribution in [0.1, 0.15) is 31.7 Å². The third-order valence-corrected chi connectivity index (χ3v) is 4.76. The number of nitrogens with zero attached hydrogens (tertiary/aromatic N) is 1. The molecular weight excluding hydrogens is 250 g/mol. The lowest BCUT2D eigenvalue weighted by Crippen LogP contribution is -2.63. The third-order valence-electron chi connectivity index (χ3n) is 4.76. The molecule has 1 aliphatic carbocycles. The molecule has 1 aromatic rings. The largest absolute Gasteiger partial charge is 0.377 e. The standard InChI is InChI=1S/C17H23NO2/c1-14(12-15-6-3-2-4-7-15)16(19)18-10-11-20-13-17(18)8-5-9-17/h2-4,6-7,14H,5,8-13H2,1H3/t14-/m0/s1. The van der Waals surface area contributed by atoms with Crippen molar-refractivity contribution in [3.8, 4) is 0 Å². The van der Waals surface area contributed by atoms with Crippen LogP contribution < -0.4 is 0 Å². The number of amides is 1. The van der Waals surface area contributed by atoms with Crippen LogP contribution in [0.15, 0.2) is 30.3 Å². The normalized spacial score (nSPS) is 22.4. The Morgan fingerprint density at radius 3 is 2.75 bits per heavy atom. The molecule has 1 aromatic carbocycles. The van der Waals surface area contributed by atoms with Crippen LogP contribution in [0.25, 0.3) is 0 Å². The highest BCUT2D eigenvalue weighted by Crippen LogP contribution is 2.40. The summed E-state index contributed by atoms with van der Waals surface area (Å²) in [6.45, 7) is 4.23. The summed E-state index contributed by atoms with van der Waals surface area (Å²) < 4.78 is 5.61. The minimum absolute atomic E-state index is 0.0281. The molecule has 3 nitrogen and oxygen atoms in total. The molecule has 0 radical (unpaired) electrons. The maximum atomic E-state index is 12.8. The molecule has 3 heteroatoms. The van der Waals surface area contributed by atoms with E-state index < -0.39 is 0 Å². The first-order valence-corrected chi connectivity index (χ1v) is 7.64. The maximum Gasteiger partial charge on any atom is 0.226 e. The molecule has 1 amide bonds. The lowest BCUT2D eigenvalue weighted by Gasteiger charge is -2.53. The Kier molecular flexibility index (Phi) is 3.79. The number of morpholine rings is 1. The molecule has 0 unspecified atom stereocenters. The summed E-state index contributed by atoms with van der Waals surface area (Å²) >= 11 is 0. The molecule has 1 aliphatic heterocycles. The van der Waals surface area contributed by atoms with E-state index >= 15 is 0 Å². The Labute approximate surface area is 120 Å². The first-order valence-electron chi connectivity index (χ1n) is 7.64. The first-order chi connectivity index (χ1) is 9.71. The SMILES string of the molecule is C[C@@H](Cc1ccccc1)C(=O)N1CCOCC12CCC2. The van der Waals surface area contributed by atoms with E-state index in [2.05, 4.69) is 24.0 Å². The average molecular weight is 273 g/mol. The van der Waals surface area contributed by atoms with Gasteiger partial charge in [-0.2, -0.15) is 0 Å². The van der Waals surface area contributed by atoms with Crippen LogP contribution in [0.4, 0.5) is 0 Å². The molecule has 1 atom stereocenters. The Morgan fingerprint density at radius 2 is 2.10 bits per heavy atom. The van der Waals surface area contributed by atoms with Crippen molar-refractivity contribution < 1.29 is 9.53 Å². The molecule has 0 aromatic heterocycles. The number of hydrogen-bond acceptors (Lipinski definition) is 2. The second-order valence-corrected chi connectivity index (χ2v) is 6.21. The van der Waals surface area contributed by atoms with Crippen LogP contribution in [-0.4, -0.2) is 36.1 Å². The van der Waals surface area contributed by atoms with Gasteiger partial charge in [-0.1, -0.05) is 37.3 Å². The molecule has 1 spiro atoms. The zero-order valence-corrected chi connectivity index (χ0v) is 12.2. The van der Waals surface area contributed by atoms with E-state index in [1.165, 1.54) is 12.0 Å². The number of carbonyl (C=O) groups is 1. The van der Waals surface area contributed by atoms with Crippen LogP contribution in [0.2, 0.25) is 0 Å². The van der Waals surface area contributed by atoms with E-state index in [4.69, 9.17) is 4.74 Å². The summed E-state index contributed by atoms with van der Waals surface area (Å²) in [5.74, 6) is 0.352. The zero-order chi connectivity index (χ0) is 14.0. The van der Waals surface area contributed by atoms with Gasteiger partial charge in [0.15, 0.2) is 0 Å². The van der Waals surface area contributed by atoms with Gasteiger partial charge >= 0.3 is 0 Å². The van der Waals surface area contributed by atoms with Crippen molar-refractivity contribution in [2.75, 3.05) is 19.8 Å². The summed E-state index contributed by atoms with van der Waals surface area (Å²) in [4.78, 5) is 14.9. The van der Waals surface area contributed by atoms with Crippen LogP contribution >= 0.6 is 0 Å². The highest BCUT2D eigenvalue weighted by molar-refractivity contribution is 5.80. The number of benzene rings is 1. The lowest BCUT2D eigenvalue weighted by molar-refractivity contribution is -0.162. The minimum atomic E-state index is 0.0281. The van der Waals surface area contributed by atoms with Crippen molar-refractivity contribution in [1.82, 2.24) is 4.90 Å². The summed E-state index contributed by atoms with van der Waals surface area (Å²) in [6, 6.07) is 10.3. The Bertz CT molecular complexity index is 467. The molecule has 1 saturated heterocycles. The minimum Gasteiger partial charge on any atom is -0.377 e. The number of ether oxygens (including phenoxy) is 1. The Hall–Kier alpha value is -1.35. The van der Waals surface area contributed by atoms with Crippen LogP contribution in [-0.2, 0) is 16.0 Å². The van der Waals surface area contributed by atoms with Gasteiger partial charge in [0.25, 0.3) is 0 Å². The average Bonchev–Trinajstić information content (AvgIpc) is 2.45. The molecule has 2 aliphatic rings. The Morgan fingerprint density at radius 1 is 1.35 bits per heavy atom. The second kappa shape index (κ2) is 5.57. The highest BCUT2D eigenvalue weighted by atomic mass is 16.5. The van der Waals surface area contributed by atoms with Gasteiger partial charge < -0.3 is 9.64 Å². The van der Waals surface area contributed by atoms with Gasteiger partial charge in [-0.25, -0.2) is 0 Å². The Balaban J connectivity index is 1.68. The quantitative estimate of drug-likeness (QED) is 0.847. The van der Waals surface area contributed by atoms with Crippen molar-refractivity contribution in [1.29, 1.82) is 0 Å². The molecule has 1 heterocycles. The zero-order valence-electron chi connectivity index (χ0n) is 12.2. The molecular formula is C17H23NO2. The smallest absolute Gasteiger partial charge is 0.226 e. The van der Waals surface area contributed by atoms with Gasteiger partial charge in [0.1, 0.15) is 0 Å².